The van der Waals surface area contributed by atoms with Gasteiger partial charge in [0, 0.05) is 56.4 Å². The third kappa shape index (κ3) is 3.87. The summed E-state index contributed by atoms with van der Waals surface area (Å²) in [5.41, 5.74) is 1.66. The smallest absolute Gasteiger partial charge is 0.255 e. The molecule has 7 nitrogen and oxygen atoms in total. The minimum atomic E-state index is 0.0472. The van der Waals surface area contributed by atoms with E-state index in [2.05, 4.69) is 20.3 Å². The summed E-state index contributed by atoms with van der Waals surface area (Å²) in [7, 11) is 1.86. The Morgan fingerprint density at radius 1 is 1.25 bits per heavy atom. The summed E-state index contributed by atoms with van der Waals surface area (Å²) in [5.74, 6) is 1.87. The minimum absolute atomic E-state index is 0.0472. The van der Waals surface area contributed by atoms with Gasteiger partial charge >= 0.3 is 0 Å². The van der Waals surface area contributed by atoms with Gasteiger partial charge in [0.2, 0.25) is 0 Å². The number of thiazole rings is 1. The molecule has 4 heterocycles. The van der Waals surface area contributed by atoms with Crippen molar-refractivity contribution in [3.8, 4) is 10.7 Å². The Morgan fingerprint density at radius 2 is 2.07 bits per heavy atom. The number of amides is 1. The molecule has 4 rings (SSSR count). The van der Waals surface area contributed by atoms with Crippen molar-refractivity contribution < 1.29 is 4.79 Å². The Hall–Kier alpha value is -2.87. The highest BCUT2D eigenvalue weighted by Crippen LogP contribution is 2.31. The molecule has 0 atom stereocenters. The number of aryl methyl sites for hydroxylation is 1. The molecule has 1 aliphatic rings. The van der Waals surface area contributed by atoms with Crippen molar-refractivity contribution in [2.75, 3.05) is 25.5 Å². The Bertz CT molecular complexity index is 966. The maximum absolute atomic E-state index is 12.6. The molecule has 1 fully saturated rings. The quantitative estimate of drug-likeness (QED) is 0.730. The summed E-state index contributed by atoms with van der Waals surface area (Å²) in [6.07, 6.45) is 6.90. The fraction of sp³-hybridized carbons (Fsp3) is 0.350. The monoisotopic (exact) mass is 394 g/mol. The first kappa shape index (κ1) is 18.5. The number of nitrogens with zero attached hydrogens (tertiary/aromatic N) is 5. The largest absolute Gasteiger partial charge is 0.373 e. The molecule has 28 heavy (non-hydrogen) atoms. The first-order valence-corrected chi connectivity index (χ1v) is 10.1. The molecule has 1 N–H and O–H groups in total. The van der Waals surface area contributed by atoms with Gasteiger partial charge in [0.15, 0.2) is 5.82 Å². The van der Waals surface area contributed by atoms with Gasteiger partial charge in [0.05, 0.1) is 15.4 Å². The Kier molecular flexibility index (Phi) is 5.29. The van der Waals surface area contributed by atoms with E-state index in [1.807, 2.05) is 37.2 Å². The van der Waals surface area contributed by atoms with Crippen molar-refractivity contribution in [1.29, 1.82) is 0 Å². The lowest BCUT2D eigenvalue weighted by Crippen LogP contribution is -2.38. The molecular formula is C20H22N6OS. The van der Waals surface area contributed by atoms with Crippen LogP contribution in [0, 0.1) is 6.92 Å². The van der Waals surface area contributed by atoms with E-state index >= 15 is 0 Å². The maximum atomic E-state index is 12.6. The van der Waals surface area contributed by atoms with E-state index in [1.54, 1.807) is 29.8 Å². The third-order valence-corrected chi connectivity index (χ3v) is 5.86. The maximum Gasteiger partial charge on any atom is 0.255 e. The number of nitrogens with one attached hydrogen (secondary N) is 1. The highest BCUT2D eigenvalue weighted by Gasteiger charge is 2.26. The minimum Gasteiger partial charge on any atom is -0.373 e. The second-order valence-electron chi connectivity index (χ2n) is 6.80. The van der Waals surface area contributed by atoms with Crippen LogP contribution in [0.3, 0.4) is 0 Å². The fourth-order valence-electron chi connectivity index (χ4n) is 3.43. The molecule has 0 bridgehead atoms. The van der Waals surface area contributed by atoms with Crippen LogP contribution in [-0.4, -0.2) is 50.9 Å². The summed E-state index contributed by atoms with van der Waals surface area (Å²) in [6.45, 7) is 3.41. The van der Waals surface area contributed by atoms with Gasteiger partial charge in [-0.2, -0.15) is 0 Å². The number of pyridine rings is 1. The number of likely N-dealkylation sites (tertiary alicyclic amines) is 1. The Labute approximate surface area is 167 Å². The highest BCUT2D eigenvalue weighted by molar-refractivity contribution is 7.14. The lowest BCUT2D eigenvalue weighted by atomic mass is 9.92. The van der Waals surface area contributed by atoms with Gasteiger partial charge in [-0.15, -0.1) is 11.3 Å². The zero-order chi connectivity index (χ0) is 19.5. The van der Waals surface area contributed by atoms with Gasteiger partial charge in [0.1, 0.15) is 5.82 Å². The highest BCUT2D eigenvalue weighted by atomic mass is 32.1. The second-order valence-corrected chi connectivity index (χ2v) is 8.04. The Morgan fingerprint density at radius 3 is 2.71 bits per heavy atom. The van der Waals surface area contributed by atoms with Gasteiger partial charge in [-0.1, -0.05) is 0 Å². The molecule has 1 amide bonds. The molecule has 0 aromatic carbocycles. The van der Waals surface area contributed by atoms with Crippen LogP contribution in [0.1, 0.15) is 39.8 Å². The molecule has 1 saturated heterocycles. The van der Waals surface area contributed by atoms with E-state index in [0.717, 1.165) is 34.2 Å². The van der Waals surface area contributed by atoms with Crippen LogP contribution < -0.4 is 5.32 Å². The van der Waals surface area contributed by atoms with Crippen LogP contribution in [0.5, 0.6) is 0 Å². The zero-order valence-corrected chi connectivity index (χ0v) is 16.7. The van der Waals surface area contributed by atoms with Crippen LogP contribution in [0.15, 0.2) is 36.8 Å². The van der Waals surface area contributed by atoms with Crippen molar-refractivity contribution in [2.45, 2.75) is 25.7 Å². The van der Waals surface area contributed by atoms with Gasteiger partial charge in [-0.3, -0.25) is 9.78 Å². The number of hydrogen-bond donors (Lipinski definition) is 1. The number of piperidine rings is 1. The molecule has 0 unspecified atom stereocenters. The summed E-state index contributed by atoms with van der Waals surface area (Å²) in [6, 6.07) is 5.62. The first-order chi connectivity index (χ1) is 13.6. The van der Waals surface area contributed by atoms with Crippen LogP contribution in [0.2, 0.25) is 0 Å². The number of aromatic nitrogens is 4. The van der Waals surface area contributed by atoms with Crippen molar-refractivity contribution in [3.05, 3.63) is 53.1 Å². The molecule has 144 valence electrons. The van der Waals surface area contributed by atoms with Gasteiger partial charge in [-0.25, -0.2) is 15.0 Å². The normalized spacial score (nSPS) is 14.9. The number of carbonyl (C=O) groups is 1. The number of carbonyl (C=O) groups excluding carboxylic acids is 1. The van der Waals surface area contributed by atoms with E-state index in [-0.39, 0.29) is 5.91 Å². The van der Waals surface area contributed by atoms with Crippen molar-refractivity contribution >= 4 is 23.1 Å². The van der Waals surface area contributed by atoms with Gasteiger partial charge in [-0.05, 0) is 31.9 Å². The van der Waals surface area contributed by atoms with Crippen molar-refractivity contribution in [2.24, 2.45) is 0 Å². The Balaban J connectivity index is 1.50. The molecule has 3 aromatic rings. The van der Waals surface area contributed by atoms with E-state index in [0.29, 0.717) is 30.4 Å². The predicted molar refractivity (Wildman–Crippen MR) is 110 cm³/mol. The van der Waals surface area contributed by atoms with Crippen molar-refractivity contribution in [3.63, 3.8) is 0 Å². The summed E-state index contributed by atoms with van der Waals surface area (Å²) in [4.78, 5) is 33.3. The topological polar surface area (TPSA) is 83.9 Å². The standard InChI is InChI=1S/C20H22N6OS/c1-13-23-12-17(28-13)19-24-16(10-18(21-2)25-19)14-5-8-26(9-6-14)20(27)15-4-3-7-22-11-15/h3-4,7,10-12,14H,5-6,8-9H2,1-2H3,(H,21,24,25). The lowest BCUT2D eigenvalue weighted by molar-refractivity contribution is 0.0711. The molecule has 1 aliphatic heterocycles. The number of anilines is 1. The van der Waals surface area contributed by atoms with Crippen LogP contribution in [0.25, 0.3) is 10.7 Å². The SMILES string of the molecule is CNc1cc(C2CCN(C(=O)c3cccnc3)CC2)nc(-c2cnc(C)s2)n1. The van der Waals surface area contributed by atoms with Gasteiger partial charge < -0.3 is 10.2 Å². The molecule has 0 aliphatic carbocycles. The average molecular weight is 395 g/mol. The van der Waals surface area contributed by atoms with Crippen LogP contribution in [-0.2, 0) is 0 Å². The third-order valence-electron chi connectivity index (χ3n) is 4.95. The zero-order valence-electron chi connectivity index (χ0n) is 15.9. The van der Waals surface area contributed by atoms with Gasteiger partial charge in [0.25, 0.3) is 5.91 Å². The molecule has 8 heteroatoms. The van der Waals surface area contributed by atoms with E-state index in [1.165, 1.54) is 0 Å². The molecular weight excluding hydrogens is 372 g/mol. The summed E-state index contributed by atoms with van der Waals surface area (Å²) >= 11 is 1.59. The van der Waals surface area contributed by atoms with E-state index in [9.17, 15) is 4.79 Å². The molecule has 0 spiro atoms. The summed E-state index contributed by atoms with van der Waals surface area (Å²) in [5, 5.41) is 4.13. The number of rotatable bonds is 4. The molecule has 0 radical (unpaired) electrons. The van der Waals surface area contributed by atoms with Crippen molar-refractivity contribution in [1.82, 2.24) is 24.8 Å². The van der Waals surface area contributed by atoms with E-state index in [4.69, 9.17) is 4.98 Å². The number of hydrogen-bond acceptors (Lipinski definition) is 7. The lowest BCUT2D eigenvalue weighted by Gasteiger charge is -2.32. The van der Waals surface area contributed by atoms with Crippen LogP contribution in [0.4, 0.5) is 5.82 Å². The summed E-state index contributed by atoms with van der Waals surface area (Å²) < 4.78 is 0. The fourth-order valence-corrected chi connectivity index (χ4v) is 4.14. The molecule has 3 aromatic heterocycles. The first-order valence-electron chi connectivity index (χ1n) is 9.33. The van der Waals surface area contributed by atoms with E-state index < -0.39 is 0 Å². The average Bonchev–Trinajstić information content (AvgIpc) is 3.20. The molecule has 0 saturated carbocycles. The van der Waals surface area contributed by atoms with Crippen LogP contribution >= 0.6 is 11.3 Å². The predicted octanol–water partition coefficient (Wildman–Crippen LogP) is 3.37. The second kappa shape index (κ2) is 8.02.